The minimum atomic E-state index is -0.533. The number of phenolic OH excluding ortho intramolecular Hbond substituents is 1. The first-order valence-electron chi connectivity index (χ1n) is 6.04. The van der Waals surface area contributed by atoms with Gasteiger partial charge in [0.25, 0.3) is 11.6 Å². The number of nitrogens with zero attached hydrogens (tertiary/aromatic N) is 1. The highest BCUT2D eigenvalue weighted by Gasteiger charge is 2.16. The molecule has 2 rings (SSSR count). The molecule has 0 aliphatic rings. The van der Waals surface area contributed by atoms with Gasteiger partial charge in [-0.15, -0.1) is 0 Å². The zero-order valence-corrected chi connectivity index (χ0v) is 13.6. The van der Waals surface area contributed by atoms with Gasteiger partial charge in [-0.05, 0) is 46.6 Å². The van der Waals surface area contributed by atoms with E-state index in [1.165, 1.54) is 30.3 Å². The number of nitrogens with one attached hydrogen (secondary N) is 1. The van der Waals surface area contributed by atoms with Crippen LogP contribution in [0.15, 0.2) is 34.8 Å². The molecule has 0 radical (unpaired) electrons. The SMILES string of the molecule is Cc1cc([N+](=O)[O-])ccc1C(=O)Nc1cc(Cl)cc(Br)c1O. The fourth-order valence-corrected chi connectivity index (χ4v) is 2.68. The van der Waals surface area contributed by atoms with Gasteiger partial charge in [0.2, 0.25) is 0 Å². The molecule has 0 saturated heterocycles. The van der Waals surface area contributed by atoms with E-state index in [0.717, 1.165) is 0 Å². The van der Waals surface area contributed by atoms with E-state index in [9.17, 15) is 20.0 Å². The summed E-state index contributed by atoms with van der Waals surface area (Å²) >= 11 is 8.99. The van der Waals surface area contributed by atoms with Gasteiger partial charge in [0.15, 0.2) is 5.75 Å². The van der Waals surface area contributed by atoms with E-state index in [0.29, 0.717) is 15.1 Å². The number of amides is 1. The molecule has 0 bridgehead atoms. The number of hydrogen-bond acceptors (Lipinski definition) is 4. The topological polar surface area (TPSA) is 92.5 Å². The number of non-ortho nitro benzene ring substituents is 1. The first-order valence-corrected chi connectivity index (χ1v) is 7.21. The van der Waals surface area contributed by atoms with Crippen LogP contribution in [0.3, 0.4) is 0 Å². The first kappa shape index (κ1) is 16.3. The lowest BCUT2D eigenvalue weighted by Crippen LogP contribution is -2.13. The third kappa shape index (κ3) is 3.37. The Morgan fingerprint density at radius 3 is 2.64 bits per heavy atom. The van der Waals surface area contributed by atoms with Gasteiger partial charge in [-0.2, -0.15) is 0 Å². The Hall–Kier alpha value is -2.12. The third-order valence-electron chi connectivity index (χ3n) is 2.94. The van der Waals surface area contributed by atoms with Gasteiger partial charge >= 0.3 is 0 Å². The molecule has 2 N–H and O–H groups in total. The quantitative estimate of drug-likeness (QED) is 0.468. The van der Waals surface area contributed by atoms with Crippen LogP contribution in [-0.2, 0) is 0 Å². The van der Waals surface area contributed by atoms with Crippen molar-refractivity contribution >= 4 is 44.8 Å². The Bertz CT molecular complexity index is 780. The molecule has 0 heterocycles. The minimum absolute atomic E-state index is 0.0950. The van der Waals surface area contributed by atoms with E-state index in [1.54, 1.807) is 6.92 Å². The van der Waals surface area contributed by atoms with Crippen molar-refractivity contribution in [2.75, 3.05) is 5.32 Å². The standard InChI is InChI=1S/C14H10BrClN2O4/c1-7-4-9(18(21)22)2-3-10(7)14(20)17-12-6-8(16)5-11(15)13(12)19/h2-6,19H,1H3,(H,17,20). The van der Waals surface area contributed by atoms with Gasteiger partial charge in [0.1, 0.15) is 0 Å². The summed E-state index contributed by atoms with van der Waals surface area (Å²) in [6.45, 7) is 1.59. The van der Waals surface area contributed by atoms with E-state index in [4.69, 9.17) is 11.6 Å². The van der Waals surface area contributed by atoms with E-state index in [-0.39, 0.29) is 22.7 Å². The summed E-state index contributed by atoms with van der Waals surface area (Å²) in [7, 11) is 0. The predicted octanol–water partition coefficient (Wildman–Crippen LogP) is 4.28. The molecular formula is C14H10BrClN2O4. The molecule has 2 aromatic carbocycles. The van der Waals surface area contributed by atoms with Crippen LogP contribution in [0.4, 0.5) is 11.4 Å². The van der Waals surface area contributed by atoms with Gasteiger partial charge in [-0.3, -0.25) is 14.9 Å². The van der Waals surface area contributed by atoms with Gasteiger partial charge in [-0.25, -0.2) is 0 Å². The zero-order valence-electron chi connectivity index (χ0n) is 11.3. The molecule has 22 heavy (non-hydrogen) atoms. The third-order valence-corrected chi connectivity index (χ3v) is 3.76. The predicted molar refractivity (Wildman–Crippen MR) is 86.6 cm³/mol. The highest BCUT2D eigenvalue weighted by Crippen LogP contribution is 2.35. The second-order valence-electron chi connectivity index (χ2n) is 4.49. The van der Waals surface area contributed by atoms with Crippen molar-refractivity contribution in [1.29, 1.82) is 0 Å². The van der Waals surface area contributed by atoms with Crippen LogP contribution >= 0.6 is 27.5 Å². The van der Waals surface area contributed by atoms with Crippen molar-refractivity contribution in [2.24, 2.45) is 0 Å². The van der Waals surface area contributed by atoms with Crippen LogP contribution in [-0.4, -0.2) is 15.9 Å². The number of hydrogen-bond donors (Lipinski definition) is 2. The molecule has 0 saturated carbocycles. The summed E-state index contributed by atoms with van der Waals surface area (Å²) in [6.07, 6.45) is 0. The molecule has 114 valence electrons. The van der Waals surface area contributed by atoms with E-state index >= 15 is 0 Å². The maximum Gasteiger partial charge on any atom is 0.269 e. The molecule has 0 unspecified atom stereocenters. The molecule has 1 amide bonds. The average molecular weight is 386 g/mol. The largest absolute Gasteiger partial charge is 0.505 e. The number of carbonyl (C=O) groups is 1. The van der Waals surface area contributed by atoms with E-state index < -0.39 is 10.8 Å². The van der Waals surface area contributed by atoms with Crippen LogP contribution in [0, 0.1) is 17.0 Å². The second-order valence-corrected chi connectivity index (χ2v) is 5.79. The van der Waals surface area contributed by atoms with E-state index in [2.05, 4.69) is 21.2 Å². The summed E-state index contributed by atoms with van der Waals surface area (Å²) in [5.74, 6) is -0.658. The molecule has 0 aliphatic heterocycles. The number of phenols is 1. The lowest BCUT2D eigenvalue weighted by Gasteiger charge is -2.10. The molecule has 0 spiro atoms. The van der Waals surface area contributed by atoms with Crippen molar-refractivity contribution in [1.82, 2.24) is 0 Å². The van der Waals surface area contributed by atoms with Crippen molar-refractivity contribution < 1.29 is 14.8 Å². The Kier molecular flexibility index (Phi) is 4.68. The van der Waals surface area contributed by atoms with Crippen LogP contribution in [0.25, 0.3) is 0 Å². The summed E-state index contributed by atoms with van der Waals surface area (Å²) in [5, 5.41) is 23.4. The highest BCUT2D eigenvalue weighted by molar-refractivity contribution is 9.10. The van der Waals surface area contributed by atoms with Crippen molar-refractivity contribution in [2.45, 2.75) is 6.92 Å². The molecule has 0 atom stereocenters. The number of benzene rings is 2. The summed E-state index contributed by atoms with van der Waals surface area (Å²) in [5.41, 5.74) is 0.762. The molecule has 6 nitrogen and oxygen atoms in total. The minimum Gasteiger partial charge on any atom is -0.505 e. The number of halogens is 2. The molecular weight excluding hydrogens is 376 g/mol. The first-order chi connectivity index (χ1) is 10.3. The number of nitro benzene ring substituents is 1. The molecule has 2 aromatic rings. The molecule has 0 aliphatic carbocycles. The maximum atomic E-state index is 12.2. The van der Waals surface area contributed by atoms with Crippen LogP contribution in [0.1, 0.15) is 15.9 Å². The van der Waals surface area contributed by atoms with Crippen LogP contribution in [0.2, 0.25) is 5.02 Å². The lowest BCUT2D eigenvalue weighted by molar-refractivity contribution is -0.384. The smallest absolute Gasteiger partial charge is 0.269 e. The monoisotopic (exact) mass is 384 g/mol. The Labute approximate surface area is 139 Å². The average Bonchev–Trinajstić information content (AvgIpc) is 2.43. The van der Waals surface area contributed by atoms with Crippen molar-refractivity contribution in [3.05, 3.63) is 61.1 Å². The summed E-state index contributed by atoms with van der Waals surface area (Å²) in [4.78, 5) is 22.4. The molecule has 0 aromatic heterocycles. The second kappa shape index (κ2) is 6.33. The Morgan fingerprint density at radius 2 is 2.05 bits per heavy atom. The number of carbonyl (C=O) groups excluding carboxylic acids is 1. The Balaban J connectivity index is 2.32. The van der Waals surface area contributed by atoms with Gasteiger partial charge < -0.3 is 10.4 Å². The van der Waals surface area contributed by atoms with Gasteiger partial charge in [-0.1, -0.05) is 11.6 Å². The fourth-order valence-electron chi connectivity index (χ4n) is 1.87. The Morgan fingerprint density at radius 1 is 1.36 bits per heavy atom. The number of aryl methyl sites for hydroxylation is 1. The number of anilines is 1. The summed E-state index contributed by atoms with van der Waals surface area (Å²) < 4.78 is 0.343. The van der Waals surface area contributed by atoms with Gasteiger partial charge in [0, 0.05) is 22.7 Å². The number of nitro groups is 1. The number of rotatable bonds is 3. The summed E-state index contributed by atoms with van der Waals surface area (Å²) in [6, 6.07) is 6.81. The zero-order chi connectivity index (χ0) is 16.4. The van der Waals surface area contributed by atoms with Crippen LogP contribution in [0.5, 0.6) is 5.75 Å². The van der Waals surface area contributed by atoms with E-state index in [1.807, 2.05) is 0 Å². The lowest BCUT2D eigenvalue weighted by atomic mass is 10.1. The van der Waals surface area contributed by atoms with Crippen LogP contribution < -0.4 is 5.32 Å². The molecule has 8 heteroatoms. The maximum absolute atomic E-state index is 12.2. The fraction of sp³-hybridized carbons (Fsp3) is 0.0714. The number of aromatic hydroxyl groups is 1. The van der Waals surface area contributed by atoms with Gasteiger partial charge in [0.05, 0.1) is 15.1 Å². The molecule has 0 fully saturated rings. The van der Waals surface area contributed by atoms with Crippen molar-refractivity contribution in [3.63, 3.8) is 0 Å². The highest BCUT2D eigenvalue weighted by atomic mass is 79.9. The van der Waals surface area contributed by atoms with Crippen molar-refractivity contribution in [3.8, 4) is 5.75 Å². The normalized spacial score (nSPS) is 10.3.